The maximum absolute atomic E-state index is 8.42. The first-order chi connectivity index (χ1) is 9.86. The average molecular weight is 277 g/mol. The summed E-state index contributed by atoms with van der Waals surface area (Å²) in [5, 5.41) is 11.4. The second-order valence-electron chi connectivity index (χ2n) is 5.14. The Balaban J connectivity index is 2.01. The van der Waals surface area contributed by atoms with Gasteiger partial charge in [-0.2, -0.15) is 0 Å². The SMILES string of the molecule is CCCCCCCCCCOc1ccc(C=NO)cc1. The van der Waals surface area contributed by atoms with Crippen molar-refractivity contribution in [3.05, 3.63) is 29.8 Å². The van der Waals surface area contributed by atoms with Crippen molar-refractivity contribution in [2.45, 2.75) is 58.3 Å². The fraction of sp³-hybridized carbons (Fsp3) is 0.588. The van der Waals surface area contributed by atoms with Gasteiger partial charge in [0.2, 0.25) is 0 Å². The van der Waals surface area contributed by atoms with E-state index < -0.39 is 0 Å². The van der Waals surface area contributed by atoms with Gasteiger partial charge in [0.05, 0.1) is 12.8 Å². The normalized spacial score (nSPS) is 11.1. The van der Waals surface area contributed by atoms with Gasteiger partial charge in [-0.3, -0.25) is 0 Å². The van der Waals surface area contributed by atoms with E-state index >= 15 is 0 Å². The van der Waals surface area contributed by atoms with E-state index in [0.29, 0.717) is 0 Å². The summed E-state index contributed by atoms with van der Waals surface area (Å²) in [5.41, 5.74) is 0.868. The van der Waals surface area contributed by atoms with Crippen LogP contribution >= 0.6 is 0 Å². The molecule has 0 bridgehead atoms. The van der Waals surface area contributed by atoms with Gasteiger partial charge in [-0.05, 0) is 36.2 Å². The van der Waals surface area contributed by atoms with Gasteiger partial charge < -0.3 is 9.94 Å². The van der Waals surface area contributed by atoms with Crippen LogP contribution in [0.1, 0.15) is 63.9 Å². The van der Waals surface area contributed by atoms with Crippen molar-refractivity contribution < 1.29 is 9.94 Å². The third-order valence-electron chi connectivity index (χ3n) is 3.35. The molecule has 1 rings (SSSR count). The number of hydrogen-bond acceptors (Lipinski definition) is 3. The van der Waals surface area contributed by atoms with Crippen LogP contribution < -0.4 is 4.74 Å². The van der Waals surface area contributed by atoms with Crippen LogP contribution in [0.25, 0.3) is 0 Å². The molecular weight excluding hydrogens is 250 g/mol. The summed E-state index contributed by atoms with van der Waals surface area (Å²) >= 11 is 0. The summed E-state index contributed by atoms with van der Waals surface area (Å²) in [5.74, 6) is 0.878. The number of hydrogen-bond donors (Lipinski definition) is 1. The summed E-state index contributed by atoms with van der Waals surface area (Å²) in [6.07, 6.45) is 11.9. The van der Waals surface area contributed by atoms with E-state index in [1.807, 2.05) is 24.3 Å². The minimum Gasteiger partial charge on any atom is -0.494 e. The zero-order valence-electron chi connectivity index (χ0n) is 12.6. The van der Waals surface area contributed by atoms with Crippen LogP contribution in [0.3, 0.4) is 0 Å². The Bertz CT molecular complexity index is 360. The summed E-state index contributed by atoms with van der Waals surface area (Å²) in [4.78, 5) is 0. The molecule has 0 aliphatic heterocycles. The Morgan fingerprint density at radius 2 is 1.55 bits per heavy atom. The third-order valence-corrected chi connectivity index (χ3v) is 3.35. The highest BCUT2D eigenvalue weighted by atomic mass is 16.5. The number of oxime groups is 1. The molecule has 1 aromatic carbocycles. The molecule has 0 aliphatic carbocycles. The van der Waals surface area contributed by atoms with E-state index in [0.717, 1.165) is 24.3 Å². The van der Waals surface area contributed by atoms with E-state index in [1.165, 1.54) is 51.2 Å². The van der Waals surface area contributed by atoms with Crippen molar-refractivity contribution >= 4 is 6.21 Å². The number of nitrogens with zero attached hydrogens (tertiary/aromatic N) is 1. The molecule has 0 saturated heterocycles. The summed E-state index contributed by atoms with van der Waals surface area (Å²) in [7, 11) is 0. The van der Waals surface area contributed by atoms with E-state index in [-0.39, 0.29) is 0 Å². The number of rotatable bonds is 11. The topological polar surface area (TPSA) is 41.8 Å². The molecule has 0 spiro atoms. The Morgan fingerprint density at radius 1 is 0.950 bits per heavy atom. The molecule has 20 heavy (non-hydrogen) atoms. The maximum atomic E-state index is 8.42. The summed E-state index contributed by atoms with van der Waals surface area (Å²) in [6.45, 7) is 3.03. The van der Waals surface area contributed by atoms with E-state index in [1.54, 1.807) is 0 Å². The highest BCUT2D eigenvalue weighted by Gasteiger charge is 1.95. The van der Waals surface area contributed by atoms with Gasteiger partial charge in [0, 0.05) is 0 Å². The average Bonchev–Trinajstić information content (AvgIpc) is 2.47. The van der Waals surface area contributed by atoms with E-state index in [9.17, 15) is 0 Å². The molecule has 1 N–H and O–H groups in total. The molecule has 0 radical (unpaired) electrons. The lowest BCUT2D eigenvalue weighted by atomic mass is 10.1. The molecule has 0 fully saturated rings. The smallest absolute Gasteiger partial charge is 0.119 e. The van der Waals surface area contributed by atoms with Crippen molar-refractivity contribution in [3.8, 4) is 5.75 Å². The Kier molecular flexibility index (Phi) is 9.37. The molecule has 1 aromatic rings. The molecule has 0 aliphatic rings. The summed E-state index contributed by atoms with van der Waals surface area (Å²) < 4.78 is 5.68. The Labute approximate surface area is 122 Å². The van der Waals surface area contributed by atoms with Crippen molar-refractivity contribution in [2.24, 2.45) is 5.16 Å². The number of unbranched alkanes of at least 4 members (excludes halogenated alkanes) is 7. The van der Waals surface area contributed by atoms with Gasteiger partial charge in [0.25, 0.3) is 0 Å². The van der Waals surface area contributed by atoms with E-state index in [2.05, 4.69) is 12.1 Å². The fourth-order valence-corrected chi connectivity index (χ4v) is 2.14. The maximum Gasteiger partial charge on any atom is 0.119 e. The fourth-order valence-electron chi connectivity index (χ4n) is 2.14. The molecule has 112 valence electrons. The predicted octanol–water partition coefficient (Wildman–Crippen LogP) is 5.01. The first-order valence-electron chi connectivity index (χ1n) is 7.77. The second-order valence-corrected chi connectivity index (χ2v) is 5.14. The van der Waals surface area contributed by atoms with Gasteiger partial charge in [-0.25, -0.2) is 0 Å². The van der Waals surface area contributed by atoms with Crippen LogP contribution in [0.2, 0.25) is 0 Å². The summed E-state index contributed by atoms with van der Waals surface area (Å²) in [6, 6.07) is 7.56. The van der Waals surface area contributed by atoms with Crippen molar-refractivity contribution in [1.82, 2.24) is 0 Å². The predicted molar refractivity (Wildman–Crippen MR) is 83.9 cm³/mol. The molecule has 0 heterocycles. The van der Waals surface area contributed by atoms with Gasteiger partial charge in [-0.1, -0.05) is 57.0 Å². The molecule has 0 aromatic heterocycles. The largest absolute Gasteiger partial charge is 0.494 e. The van der Waals surface area contributed by atoms with Crippen LogP contribution in [0.15, 0.2) is 29.4 Å². The first kappa shape index (κ1) is 16.5. The lowest BCUT2D eigenvalue weighted by Gasteiger charge is -2.06. The van der Waals surface area contributed by atoms with Gasteiger partial charge in [0.15, 0.2) is 0 Å². The van der Waals surface area contributed by atoms with Crippen molar-refractivity contribution in [2.75, 3.05) is 6.61 Å². The molecule has 3 nitrogen and oxygen atoms in total. The van der Waals surface area contributed by atoms with Crippen molar-refractivity contribution in [3.63, 3.8) is 0 Å². The lowest BCUT2D eigenvalue weighted by molar-refractivity contribution is 0.304. The van der Waals surface area contributed by atoms with Crippen molar-refractivity contribution in [1.29, 1.82) is 0 Å². The Hall–Kier alpha value is -1.51. The van der Waals surface area contributed by atoms with E-state index in [4.69, 9.17) is 9.94 Å². The second kappa shape index (κ2) is 11.3. The zero-order valence-corrected chi connectivity index (χ0v) is 12.6. The Morgan fingerprint density at radius 3 is 2.15 bits per heavy atom. The molecule has 0 amide bonds. The monoisotopic (exact) mass is 277 g/mol. The lowest BCUT2D eigenvalue weighted by Crippen LogP contribution is -1.97. The zero-order chi connectivity index (χ0) is 14.5. The minimum atomic E-state index is 0.780. The van der Waals surface area contributed by atoms with Gasteiger partial charge in [-0.15, -0.1) is 0 Å². The molecular formula is C17H27NO2. The van der Waals surface area contributed by atoms with Crippen LogP contribution in [-0.4, -0.2) is 18.0 Å². The number of ether oxygens (including phenoxy) is 1. The van der Waals surface area contributed by atoms with Gasteiger partial charge >= 0.3 is 0 Å². The van der Waals surface area contributed by atoms with Gasteiger partial charge in [0.1, 0.15) is 5.75 Å². The molecule has 3 heteroatoms. The van der Waals surface area contributed by atoms with Crippen LogP contribution in [0.4, 0.5) is 0 Å². The molecule has 0 atom stereocenters. The first-order valence-corrected chi connectivity index (χ1v) is 7.77. The quantitative estimate of drug-likeness (QED) is 0.267. The minimum absolute atomic E-state index is 0.780. The molecule has 0 unspecified atom stereocenters. The third kappa shape index (κ3) is 7.82. The standard InChI is InChI=1S/C17H27NO2/c1-2-3-4-5-6-7-8-9-14-20-17-12-10-16(11-13-17)15-18-19/h10-13,15,19H,2-9,14H2,1H3. The highest BCUT2D eigenvalue weighted by molar-refractivity contribution is 5.79. The number of benzene rings is 1. The molecule has 0 saturated carbocycles. The van der Waals surface area contributed by atoms with Crippen LogP contribution in [-0.2, 0) is 0 Å². The highest BCUT2D eigenvalue weighted by Crippen LogP contribution is 2.13. The van der Waals surface area contributed by atoms with Crippen LogP contribution in [0.5, 0.6) is 5.75 Å². The van der Waals surface area contributed by atoms with Crippen LogP contribution in [0, 0.1) is 0 Å².